The first-order valence-corrected chi connectivity index (χ1v) is 12.9. The van der Waals surface area contributed by atoms with Gasteiger partial charge in [-0.25, -0.2) is 4.79 Å². The van der Waals surface area contributed by atoms with E-state index in [1.807, 2.05) is 56.3 Å². The van der Waals surface area contributed by atoms with Gasteiger partial charge in [-0.2, -0.15) is 0 Å². The standard InChI is InChI=1S/C27H34N2O4S/c1-19(2)34-26(29-27(32)33-18-20-11-6-5-7-12-20)25(31)28-24-22(17-30)15-10-16-23(24)21-13-8-3-4-9-14-21/h5-7,10-12,15-17,19,21,26H,3-4,8-9,13-14,18H2,1-2H3,(H,28,31)(H,29,32). The van der Waals surface area contributed by atoms with Crippen molar-refractivity contribution < 1.29 is 19.1 Å². The first-order valence-electron chi connectivity index (χ1n) is 12.0. The van der Waals surface area contributed by atoms with E-state index in [1.54, 1.807) is 6.07 Å². The van der Waals surface area contributed by atoms with Crippen LogP contribution >= 0.6 is 11.8 Å². The first-order chi connectivity index (χ1) is 16.5. The zero-order chi connectivity index (χ0) is 24.3. The van der Waals surface area contributed by atoms with E-state index >= 15 is 0 Å². The van der Waals surface area contributed by atoms with Gasteiger partial charge in [-0.1, -0.05) is 82.0 Å². The van der Waals surface area contributed by atoms with Gasteiger partial charge in [0.05, 0.1) is 5.69 Å². The van der Waals surface area contributed by atoms with Gasteiger partial charge in [0, 0.05) is 10.8 Å². The van der Waals surface area contributed by atoms with Crippen LogP contribution in [0.1, 0.15) is 79.8 Å². The average molecular weight is 483 g/mol. The fraction of sp³-hybridized carbons (Fsp3) is 0.444. The number of nitrogens with one attached hydrogen (secondary N) is 2. The quantitative estimate of drug-likeness (QED) is 0.250. The minimum absolute atomic E-state index is 0.0906. The highest BCUT2D eigenvalue weighted by molar-refractivity contribution is 8.01. The molecule has 0 bridgehead atoms. The molecule has 7 heteroatoms. The van der Waals surface area contributed by atoms with Gasteiger partial charge in [0.1, 0.15) is 6.61 Å². The van der Waals surface area contributed by atoms with E-state index in [4.69, 9.17) is 4.74 Å². The number of carbonyl (C=O) groups is 3. The van der Waals surface area contributed by atoms with Crippen LogP contribution in [-0.2, 0) is 16.1 Å². The molecule has 0 aliphatic heterocycles. The van der Waals surface area contributed by atoms with Crippen LogP contribution < -0.4 is 10.6 Å². The Hall–Kier alpha value is -2.80. The monoisotopic (exact) mass is 482 g/mol. The molecule has 1 aliphatic rings. The van der Waals surface area contributed by atoms with Crippen molar-refractivity contribution in [2.24, 2.45) is 0 Å². The predicted molar refractivity (Wildman–Crippen MR) is 137 cm³/mol. The molecule has 1 unspecified atom stereocenters. The molecule has 3 rings (SSSR count). The lowest BCUT2D eigenvalue weighted by molar-refractivity contribution is -0.116. The molecule has 2 aromatic carbocycles. The molecule has 0 spiro atoms. The minimum Gasteiger partial charge on any atom is -0.445 e. The third-order valence-corrected chi connectivity index (χ3v) is 7.06. The van der Waals surface area contributed by atoms with Crippen molar-refractivity contribution in [3.63, 3.8) is 0 Å². The van der Waals surface area contributed by atoms with E-state index in [-0.39, 0.29) is 17.8 Å². The van der Waals surface area contributed by atoms with E-state index < -0.39 is 11.5 Å². The van der Waals surface area contributed by atoms with Crippen molar-refractivity contribution in [2.75, 3.05) is 5.32 Å². The Morgan fingerprint density at radius 1 is 1.03 bits per heavy atom. The van der Waals surface area contributed by atoms with E-state index in [0.717, 1.165) is 43.1 Å². The third-order valence-electron chi connectivity index (χ3n) is 5.91. The molecular formula is C27H34N2O4S. The zero-order valence-electron chi connectivity index (χ0n) is 19.9. The number of alkyl carbamates (subject to hydrolysis) is 1. The van der Waals surface area contributed by atoms with Gasteiger partial charge in [-0.05, 0) is 36.0 Å². The summed E-state index contributed by atoms with van der Waals surface area (Å²) in [5, 5.41) is 4.89. The van der Waals surface area contributed by atoms with Gasteiger partial charge in [-0.15, -0.1) is 11.8 Å². The van der Waals surface area contributed by atoms with Gasteiger partial charge < -0.3 is 15.4 Å². The molecule has 1 saturated carbocycles. The zero-order valence-corrected chi connectivity index (χ0v) is 20.7. The molecule has 0 aromatic heterocycles. The van der Waals surface area contributed by atoms with Gasteiger partial charge in [0.25, 0.3) is 5.91 Å². The second kappa shape index (κ2) is 13.2. The third kappa shape index (κ3) is 7.62. The summed E-state index contributed by atoms with van der Waals surface area (Å²) in [6.45, 7) is 4.03. The summed E-state index contributed by atoms with van der Waals surface area (Å²) in [5.74, 6) is -0.0720. The van der Waals surface area contributed by atoms with Crippen molar-refractivity contribution in [1.29, 1.82) is 0 Å². The number of benzene rings is 2. The highest BCUT2D eigenvalue weighted by Crippen LogP contribution is 2.37. The molecule has 1 aliphatic carbocycles. The number of hydrogen-bond donors (Lipinski definition) is 2. The van der Waals surface area contributed by atoms with Gasteiger partial charge in [-0.3, -0.25) is 9.59 Å². The number of hydrogen-bond acceptors (Lipinski definition) is 5. The Morgan fingerprint density at radius 3 is 2.38 bits per heavy atom. The van der Waals surface area contributed by atoms with Crippen LogP contribution in [0.25, 0.3) is 0 Å². The number of anilines is 1. The van der Waals surface area contributed by atoms with Gasteiger partial charge in [0.2, 0.25) is 0 Å². The van der Waals surface area contributed by atoms with Crippen molar-refractivity contribution in [3.8, 4) is 0 Å². The van der Waals surface area contributed by atoms with Crippen LogP contribution in [0.2, 0.25) is 0 Å². The molecule has 182 valence electrons. The van der Waals surface area contributed by atoms with Crippen molar-refractivity contribution in [3.05, 3.63) is 65.2 Å². The van der Waals surface area contributed by atoms with Crippen molar-refractivity contribution in [1.82, 2.24) is 5.32 Å². The van der Waals surface area contributed by atoms with Crippen molar-refractivity contribution >= 4 is 35.7 Å². The fourth-order valence-electron chi connectivity index (χ4n) is 4.26. The maximum Gasteiger partial charge on any atom is 0.408 e. The Bertz CT molecular complexity index is 956. The first kappa shape index (κ1) is 25.8. The molecule has 0 heterocycles. The number of para-hydroxylation sites is 1. The molecule has 2 aromatic rings. The van der Waals surface area contributed by atoms with Crippen LogP contribution in [0.15, 0.2) is 48.5 Å². The van der Waals surface area contributed by atoms with E-state index in [0.29, 0.717) is 17.2 Å². The normalized spacial score (nSPS) is 15.3. The molecule has 34 heavy (non-hydrogen) atoms. The molecule has 1 fully saturated rings. The number of aldehydes is 1. The number of amides is 2. The molecule has 1 atom stereocenters. The summed E-state index contributed by atoms with van der Waals surface area (Å²) in [4.78, 5) is 37.6. The maximum absolute atomic E-state index is 13.3. The number of ether oxygens (including phenoxy) is 1. The molecule has 6 nitrogen and oxygen atoms in total. The van der Waals surface area contributed by atoms with E-state index in [1.165, 1.54) is 24.6 Å². The Labute approximate surface area is 206 Å². The smallest absolute Gasteiger partial charge is 0.408 e. The summed E-state index contributed by atoms with van der Waals surface area (Å²) < 4.78 is 5.32. The summed E-state index contributed by atoms with van der Waals surface area (Å²) in [6, 6.07) is 15.0. The largest absolute Gasteiger partial charge is 0.445 e. The summed E-state index contributed by atoms with van der Waals surface area (Å²) in [6.07, 6.45) is 6.92. The highest BCUT2D eigenvalue weighted by atomic mass is 32.2. The molecule has 0 saturated heterocycles. The van der Waals surface area contributed by atoms with Crippen LogP contribution in [0.3, 0.4) is 0 Å². The van der Waals surface area contributed by atoms with Crippen LogP contribution in [0.4, 0.5) is 10.5 Å². The fourth-order valence-corrected chi connectivity index (χ4v) is 5.15. The van der Waals surface area contributed by atoms with Crippen molar-refractivity contribution in [2.45, 2.75) is 75.5 Å². The molecule has 2 amide bonds. The lowest BCUT2D eigenvalue weighted by Gasteiger charge is -2.24. The SMILES string of the molecule is CC(C)SC(NC(=O)OCc1ccccc1)C(=O)Nc1c(C=O)cccc1C1CCCCCC1. The number of carbonyl (C=O) groups excluding carboxylic acids is 3. The molecule has 2 N–H and O–H groups in total. The molecule has 0 radical (unpaired) electrons. The summed E-state index contributed by atoms with van der Waals surface area (Å²) in [5.41, 5.74) is 2.88. The Balaban J connectivity index is 1.74. The average Bonchev–Trinajstić information content (AvgIpc) is 3.12. The summed E-state index contributed by atoms with van der Waals surface area (Å²) >= 11 is 1.32. The lowest BCUT2D eigenvalue weighted by Crippen LogP contribution is -2.42. The van der Waals surface area contributed by atoms with E-state index in [2.05, 4.69) is 10.6 Å². The Kier molecular flexibility index (Phi) is 10.0. The maximum atomic E-state index is 13.3. The summed E-state index contributed by atoms with van der Waals surface area (Å²) in [7, 11) is 0. The number of rotatable bonds is 9. The number of thioether (sulfide) groups is 1. The molecular weight excluding hydrogens is 448 g/mol. The predicted octanol–water partition coefficient (Wildman–Crippen LogP) is 6.27. The highest BCUT2D eigenvalue weighted by Gasteiger charge is 2.26. The second-order valence-corrected chi connectivity index (χ2v) is 10.6. The van der Waals surface area contributed by atoms with Gasteiger partial charge >= 0.3 is 6.09 Å². The lowest BCUT2D eigenvalue weighted by atomic mass is 9.89. The van der Waals surface area contributed by atoms with Gasteiger partial charge in [0.15, 0.2) is 11.7 Å². The van der Waals surface area contributed by atoms with Crippen LogP contribution in [0.5, 0.6) is 0 Å². The van der Waals surface area contributed by atoms with E-state index in [9.17, 15) is 14.4 Å². The second-order valence-electron chi connectivity index (χ2n) is 8.88. The van der Waals surface area contributed by atoms with Crippen LogP contribution in [-0.4, -0.2) is 28.9 Å². The van der Waals surface area contributed by atoms with Crippen LogP contribution in [0, 0.1) is 0 Å². The minimum atomic E-state index is -0.857. The topological polar surface area (TPSA) is 84.5 Å². The Morgan fingerprint density at radius 2 is 1.74 bits per heavy atom.